The smallest absolute Gasteiger partial charge is 0.329 e. The second-order valence-electron chi connectivity index (χ2n) is 7.28. The molecule has 1 aromatic carbocycles. The van der Waals surface area contributed by atoms with Crippen molar-refractivity contribution in [1.82, 2.24) is 14.5 Å². The summed E-state index contributed by atoms with van der Waals surface area (Å²) in [7, 11) is 0. The number of amides is 1. The van der Waals surface area contributed by atoms with E-state index in [1.165, 1.54) is 0 Å². The van der Waals surface area contributed by atoms with Crippen molar-refractivity contribution in [2.24, 2.45) is 0 Å². The molecule has 7 nitrogen and oxygen atoms in total. The lowest BCUT2D eigenvalue weighted by molar-refractivity contribution is -0.149. The summed E-state index contributed by atoms with van der Waals surface area (Å²) in [4.78, 5) is 36.3. The number of carbonyl (C=O) groups is 2. The normalized spacial score (nSPS) is 11.5. The largest absolute Gasteiger partial charge is 0.456 e. The van der Waals surface area contributed by atoms with Crippen LogP contribution in [0.5, 0.6) is 0 Å². The molecule has 0 saturated heterocycles. The van der Waals surface area contributed by atoms with E-state index in [0.717, 1.165) is 17.5 Å². The number of para-hydroxylation sites is 2. The van der Waals surface area contributed by atoms with Crippen LogP contribution in [0.1, 0.15) is 40.5 Å². The maximum Gasteiger partial charge on any atom is 0.329 e. The van der Waals surface area contributed by atoms with E-state index >= 15 is 0 Å². The highest BCUT2D eigenvalue weighted by molar-refractivity contribution is 5.81. The number of nitrogens with one attached hydrogen (secondary N) is 1. The van der Waals surface area contributed by atoms with E-state index in [1.54, 1.807) is 9.13 Å². The first-order chi connectivity index (χ1) is 12.2. The van der Waals surface area contributed by atoms with Gasteiger partial charge in [-0.15, -0.1) is 0 Å². The number of fused-ring (bicyclic) bond motifs is 1. The fraction of sp³-hybridized carbons (Fsp3) is 0.526. The first-order valence-corrected chi connectivity index (χ1v) is 8.87. The first-order valence-electron chi connectivity index (χ1n) is 8.87. The van der Waals surface area contributed by atoms with Crippen molar-refractivity contribution in [3.63, 3.8) is 0 Å². The summed E-state index contributed by atoms with van der Waals surface area (Å²) in [5, 5.41) is 2.72. The van der Waals surface area contributed by atoms with Gasteiger partial charge in [-0.05, 0) is 39.3 Å². The number of ether oxygens (including phenoxy) is 1. The second kappa shape index (κ2) is 8.21. The van der Waals surface area contributed by atoms with Crippen LogP contribution in [-0.4, -0.2) is 33.2 Å². The molecule has 0 atom stereocenters. The molecule has 0 aliphatic heterocycles. The summed E-state index contributed by atoms with van der Waals surface area (Å²) in [6.45, 7) is 8.10. The highest BCUT2D eigenvalue weighted by Gasteiger charge is 2.16. The van der Waals surface area contributed by atoms with Crippen LogP contribution in [0.2, 0.25) is 0 Å². The fourth-order valence-corrected chi connectivity index (χ4v) is 2.80. The zero-order chi connectivity index (χ0) is 19.3. The minimum Gasteiger partial charge on any atom is -0.456 e. The molecular weight excluding hydrogens is 334 g/mol. The van der Waals surface area contributed by atoms with Crippen LogP contribution >= 0.6 is 0 Å². The van der Waals surface area contributed by atoms with E-state index in [4.69, 9.17) is 4.74 Å². The van der Waals surface area contributed by atoms with Gasteiger partial charge in [0.2, 0.25) is 0 Å². The van der Waals surface area contributed by atoms with E-state index in [2.05, 4.69) is 5.32 Å². The maximum absolute atomic E-state index is 12.6. The Morgan fingerprint density at radius 3 is 2.19 bits per heavy atom. The lowest BCUT2D eigenvalue weighted by Crippen LogP contribution is -2.42. The van der Waals surface area contributed by atoms with Crippen molar-refractivity contribution >= 4 is 22.9 Å². The van der Waals surface area contributed by atoms with Gasteiger partial charge >= 0.3 is 11.7 Å². The monoisotopic (exact) mass is 361 g/mol. The van der Waals surface area contributed by atoms with Crippen molar-refractivity contribution in [3.8, 4) is 0 Å². The van der Waals surface area contributed by atoms with E-state index < -0.39 is 5.97 Å². The molecule has 0 bridgehead atoms. The van der Waals surface area contributed by atoms with Gasteiger partial charge in [0.05, 0.1) is 17.5 Å². The molecular formula is C19H27N3O4. The van der Waals surface area contributed by atoms with Crippen molar-refractivity contribution in [2.75, 3.05) is 6.61 Å². The molecule has 0 unspecified atom stereocenters. The van der Waals surface area contributed by atoms with E-state index in [1.807, 2.05) is 52.0 Å². The predicted octanol–water partition coefficient (Wildman–Crippen LogP) is 2.06. The van der Waals surface area contributed by atoms with Gasteiger partial charge in [0, 0.05) is 18.6 Å². The second-order valence-corrected chi connectivity index (χ2v) is 7.28. The number of nitrogens with zero attached hydrogens (tertiary/aromatic N) is 2. The average Bonchev–Trinajstić information content (AvgIpc) is 2.82. The van der Waals surface area contributed by atoms with Crippen molar-refractivity contribution in [2.45, 2.75) is 59.2 Å². The van der Waals surface area contributed by atoms with Crippen molar-refractivity contribution in [1.29, 1.82) is 0 Å². The molecule has 0 aliphatic rings. The molecule has 26 heavy (non-hydrogen) atoms. The molecule has 0 spiro atoms. The summed E-state index contributed by atoms with van der Waals surface area (Å²) in [6, 6.07) is 7.52. The van der Waals surface area contributed by atoms with Gasteiger partial charge in [-0.3, -0.25) is 18.7 Å². The van der Waals surface area contributed by atoms with Crippen LogP contribution in [0.15, 0.2) is 29.1 Å². The molecule has 0 saturated carbocycles. The lowest BCUT2D eigenvalue weighted by Gasteiger charge is -2.20. The molecule has 0 radical (unpaired) electrons. The van der Waals surface area contributed by atoms with Gasteiger partial charge in [0.1, 0.15) is 0 Å². The van der Waals surface area contributed by atoms with Crippen LogP contribution < -0.4 is 11.0 Å². The molecule has 0 fully saturated rings. The van der Waals surface area contributed by atoms with E-state index in [-0.39, 0.29) is 36.7 Å². The quantitative estimate of drug-likeness (QED) is 0.765. The third-order valence-corrected chi connectivity index (χ3v) is 3.79. The third-order valence-electron chi connectivity index (χ3n) is 3.79. The molecule has 7 heteroatoms. The zero-order valence-electron chi connectivity index (χ0n) is 15.9. The van der Waals surface area contributed by atoms with Gasteiger partial charge in [0.25, 0.3) is 5.91 Å². The Bertz CT molecular complexity index is 843. The molecule has 2 rings (SSSR count). The minimum absolute atomic E-state index is 0.0306. The van der Waals surface area contributed by atoms with Gasteiger partial charge < -0.3 is 10.1 Å². The highest BCUT2D eigenvalue weighted by Crippen LogP contribution is 2.13. The Balaban J connectivity index is 2.01. The molecule has 142 valence electrons. The van der Waals surface area contributed by atoms with Crippen LogP contribution in [0.3, 0.4) is 0 Å². The van der Waals surface area contributed by atoms with Crippen LogP contribution in [-0.2, 0) is 27.4 Å². The summed E-state index contributed by atoms with van der Waals surface area (Å²) >= 11 is 0. The van der Waals surface area contributed by atoms with Crippen LogP contribution in [0.4, 0.5) is 0 Å². The summed E-state index contributed by atoms with van der Waals surface area (Å²) < 4.78 is 8.31. The molecule has 1 aromatic heterocycles. The standard InChI is InChI=1S/C19H27N3O4/c1-5-11-21-14-8-6-7-9-15(14)22(18(21)25)12-10-17(24)26-13-16(23)20-19(2,3)4/h6-9H,5,10-13H2,1-4H3,(H,20,23). The fourth-order valence-electron chi connectivity index (χ4n) is 2.80. The number of hydrogen-bond acceptors (Lipinski definition) is 4. The Hall–Kier alpha value is -2.57. The summed E-state index contributed by atoms with van der Waals surface area (Å²) in [6.07, 6.45) is 0.877. The minimum atomic E-state index is -0.506. The van der Waals surface area contributed by atoms with Gasteiger partial charge in [-0.25, -0.2) is 4.79 Å². The number of rotatable bonds is 7. The number of aryl methyl sites for hydroxylation is 2. The van der Waals surface area contributed by atoms with Crippen molar-refractivity contribution in [3.05, 3.63) is 34.7 Å². The van der Waals surface area contributed by atoms with Gasteiger partial charge in [-0.1, -0.05) is 19.1 Å². The van der Waals surface area contributed by atoms with E-state index in [0.29, 0.717) is 6.54 Å². The average molecular weight is 361 g/mol. The highest BCUT2D eigenvalue weighted by atomic mass is 16.5. The zero-order valence-corrected chi connectivity index (χ0v) is 15.9. The molecule has 1 heterocycles. The number of hydrogen-bond donors (Lipinski definition) is 1. The van der Waals surface area contributed by atoms with Crippen LogP contribution in [0.25, 0.3) is 11.0 Å². The summed E-state index contributed by atoms with van der Waals surface area (Å²) in [5.74, 6) is -0.851. The first kappa shape index (κ1) is 19.8. The summed E-state index contributed by atoms with van der Waals surface area (Å²) in [5.41, 5.74) is 1.14. The van der Waals surface area contributed by atoms with Crippen LogP contribution in [0, 0.1) is 0 Å². The number of aromatic nitrogens is 2. The molecule has 1 N–H and O–H groups in total. The number of benzene rings is 1. The Morgan fingerprint density at radius 1 is 1.08 bits per heavy atom. The molecule has 1 amide bonds. The molecule has 0 aliphatic carbocycles. The van der Waals surface area contributed by atoms with Gasteiger partial charge in [-0.2, -0.15) is 0 Å². The molecule has 2 aromatic rings. The number of carbonyl (C=O) groups excluding carboxylic acids is 2. The van der Waals surface area contributed by atoms with Crippen molar-refractivity contribution < 1.29 is 14.3 Å². The van der Waals surface area contributed by atoms with Gasteiger partial charge in [0.15, 0.2) is 6.61 Å². The lowest BCUT2D eigenvalue weighted by atomic mass is 10.1. The Kier molecular flexibility index (Phi) is 6.23. The Labute approximate surface area is 152 Å². The number of esters is 1. The predicted molar refractivity (Wildman–Crippen MR) is 100.0 cm³/mol. The Morgan fingerprint density at radius 2 is 1.65 bits per heavy atom. The third kappa shape index (κ3) is 4.97. The maximum atomic E-state index is 12.6. The SMILES string of the molecule is CCCn1c(=O)n(CCC(=O)OCC(=O)NC(C)(C)C)c2ccccc21. The topological polar surface area (TPSA) is 82.3 Å². The van der Waals surface area contributed by atoms with E-state index in [9.17, 15) is 14.4 Å². The number of imidazole rings is 1.